The average Bonchev–Trinajstić information content (AvgIpc) is 2.63. The van der Waals surface area contributed by atoms with Gasteiger partial charge >= 0.3 is 0 Å². The molecule has 0 atom stereocenters. The Bertz CT molecular complexity index is 480. The highest BCUT2D eigenvalue weighted by Crippen LogP contribution is 2.26. The molecule has 4 heteroatoms. The van der Waals surface area contributed by atoms with Crippen LogP contribution < -0.4 is 5.73 Å². The Morgan fingerprint density at radius 2 is 1.69 bits per heavy atom. The highest BCUT2D eigenvalue weighted by Gasteiger charge is 2.14. The molecule has 0 amide bonds. The normalized spacial score (nSPS) is 11.7. The number of nitrogens with two attached hydrogens (primary N) is 1. The molecule has 0 saturated heterocycles. The zero-order valence-electron chi connectivity index (χ0n) is 9.69. The molecule has 1 aromatic carbocycles. The summed E-state index contributed by atoms with van der Waals surface area (Å²) in [5.74, 6) is 0.323. The summed E-state index contributed by atoms with van der Waals surface area (Å²) in [5, 5.41) is 7.32. The number of hydrogen-bond donors (Lipinski definition) is 1. The molecule has 2 aromatic rings. The summed E-state index contributed by atoms with van der Waals surface area (Å²) in [7, 11) is 0. The van der Waals surface area contributed by atoms with Gasteiger partial charge in [-0.25, -0.2) is 4.63 Å². The lowest BCUT2D eigenvalue weighted by molar-refractivity contribution is 0.310. The minimum Gasteiger partial charge on any atom is -0.379 e. The summed E-state index contributed by atoms with van der Waals surface area (Å²) < 4.78 is 4.57. The summed E-state index contributed by atoms with van der Waals surface area (Å²) in [6.45, 7) is 6.52. The number of benzene rings is 1. The molecule has 0 aliphatic heterocycles. The standard InChI is InChI=1S/C12H15N3O/c1-12(2,3)9-6-4-8(5-7-9)10-11(13)15-16-14-10/h4-7H,1-3H3,(H2,13,15). The van der Waals surface area contributed by atoms with Gasteiger partial charge in [-0.3, -0.25) is 0 Å². The van der Waals surface area contributed by atoms with Gasteiger partial charge in [-0.15, -0.1) is 0 Å². The number of hydrogen-bond acceptors (Lipinski definition) is 4. The van der Waals surface area contributed by atoms with E-state index in [9.17, 15) is 0 Å². The maximum Gasteiger partial charge on any atom is 0.196 e. The third-order valence-electron chi connectivity index (χ3n) is 2.54. The molecule has 1 heterocycles. The molecule has 0 bridgehead atoms. The van der Waals surface area contributed by atoms with Gasteiger partial charge in [-0.1, -0.05) is 45.0 Å². The maximum absolute atomic E-state index is 5.63. The first-order chi connectivity index (χ1) is 7.48. The number of rotatable bonds is 1. The summed E-state index contributed by atoms with van der Waals surface area (Å²) in [4.78, 5) is 0. The van der Waals surface area contributed by atoms with Crippen molar-refractivity contribution in [2.45, 2.75) is 26.2 Å². The maximum atomic E-state index is 5.63. The fourth-order valence-electron chi connectivity index (χ4n) is 1.52. The van der Waals surface area contributed by atoms with E-state index >= 15 is 0 Å². The summed E-state index contributed by atoms with van der Waals surface area (Å²) >= 11 is 0. The molecule has 4 nitrogen and oxygen atoms in total. The quantitative estimate of drug-likeness (QED) is 0.797. The number of nitrogens with zero attached hydrogens (tertiary/aromatic N) is 2. The number of nitrogen functional groups attached to an aromatic ring is 1. The van der Waals surface area contributed by atoms with Gasteiger partial charge in [0.25, 0.3) is 0 Å². The molecule has 0 spiro atoms. The zero-order valence-corrected chi connectivity index (χ0v) is 9.69. The van der Waals surface area contributed by atoms with Crippen molar-refractivity contribution in [3.05, 3.63) is 29.8 Å². The van der Waals surface area contributed by atoms with Crippen LogP contribution in [-0.2, 0) is 5.41 Å². The van der Waals surface area contributed by atoms with Gasteiger partial charge < -0.3 is 5.73 Å². The van der Waals surface area contributed by atoms with E-state index in [-0.39, 0.29) is 5.41 Å². The molecule has 0 radical (unpaired) electrons. The monoisotopic (exact) mass is 217 g/mol. The van der Waals surface area contributed by atoms with E-state index < -0.39 is 0 Å². The van der Waals surface area contributed by atoms with Crippen LogP contribution in [0.5, 0.6) is 0 Å². The first kappa shape index (κ1) is 10.7. The van der Waals surface area contributed by atoms with Crippen LogP contribution >= 0.6 is 0 Å². The molecule has 0 saturated carbocycles. The van der Waals surface area contributed by atoms with Crippen molar-refractivity contribution in [1.29, 1.82) is 0 Å². The summed E-state index contributed by atoms with van der Waals surface area (Å²) in [6, 6.07) is 8.11. The zero-order chi connectivity index (χ0) is 11.8. The second-order valence-corrected chi connectivity index (χ2v) is 4.83. The van der Waals surface area contributed by atoms with Crippen molar-refractivity contribution in [2.75, 3.05) is 5.73 Å². The van der Waals surface area contributed by atoms with Crippen LogP contribution in [0.25, 0.3) is 11.3 Å². The van der Waals surface area contributed by atoms with Crippen LogP contribution in [0.15, 0.2) is 28.9 Å². The predicted molar refractivity (Wildman–Crippen MR) is 62.8 cm³/mol. The third kappa shape index (κ3) is 1.91. The highest BCUT2D eigenvalue weighted by molar-refractivity contribution is 5.68. The molecule has 16 heavy (non-hydrogen) atoms. The highest BCUT2D eigenvalue weighted by atomic mass is 16.6. The van der Waals surface area contributed by atoms with E-state index in [1.54, 1.807) is 0 Å². The van der Waals surface area contributed by atoms with Crippen LogP contribution in [0.2, 0.25) is 0 Å². The van der Waals surface area contributed by atoms with E-state index in [0.717, 1.165) is 5.56 Å². The Balaban J connectivity index is 2.37. The van der Waals surface area contributed by atoms with E-state index in [4.69, 9.17) is 5.73 Å². The molecule has 0 fully saturated rings. The average molecular weight is 217 g/mol. The third-order valence-corrected chi connectivity index (χ3v) is 2.54. The fraction of sp³-hybridized carbons (Fsp3) is 0.333. The van der Waals surface area contributed by atoms with Crippen LogP contribution in [0, 0.1) is 0 Å². The van der Waals surface area contributed by atoms with Crippen LogP contribution in [0.3, 0.4) is 0 Å². The van der Waals surface area contributed by atoms with Gasteiger partial charge in [0.2, 0.25) is 0 Å². The molecular weight excluding hydrogens is 202 g/mol. The Morgan fingerprint density at radius 3 is 2.12 bits per heavy atom. The smallest absolute Gasteiger partial charge is 0.196 e. The minimum atomic E-state index is 0.145. The first-order valence-electron chi connectivity index (χ1n) is 5.17. The van der Waals surface area contributed by atoms with E-state index in [1.165, 1.54) is 5.56 Å². The van der Waals surface area contributed by atoms with Gasteiger partial charge in [0.05, 0.1) is 0 Å². The van der Waals surface area contributed by atoms with Gasteiger partial charge in [0, 0.05) is 5.56 Å². The Labute approximate surface area is 94.4 Å². The Morgan fingerprint density at radius 1 is 1.06 bits per heavy atom. The van der Waals surface area contributed by atoms with E-state index in [2.05, 4.69) is 47.8 Å². The second kappa shape index (κ2) is 3.63. The molecule has 1 aromatic heterocycles. The molecule has 2 N–H and O–H groups in total. The number of aromatic nitrogens is 2. The van der Waals surface area contributed by atoms with Crippen LogP contribution in [-0.4, -0.2) is 10.3 Å². The molecular formula is C12H15N3O. The lowest BCUT2D eigenvalue weighted by Crippen LogP contribution is -2.10. The van der Waals surface area contributed by atoms with Crippen molar-refractivity contribution in [3.63, 3.8) is 0 Å². The molecule has 0 aliphatic rings. The predicted octanol–water partition coefficient (Wildman–Crippen LogP) is 2.62. The van der Waals surface area contributed by atoms with Crippen molar-refractivity contribution in [1.82, 2.24) is 10.3 Å². The van der Waals surface area contributed by atoms with Crippen LogP contribution in [0.1, 0.15) is 26.3 Å². The number of anilines is 1. The van der Waals surface area contributed by atoms with Crippen molar-refractivity contribution >= 4 is 5.82 Å². The first-order valence-corrected chi connectivity index (χ1v) is 5.17. The van der Waals surface area contributed by atoms with Crippen molar-refractivity contribution < 1.29 is 4.63 Å². The Kier molecular flexibility index (Phi) is 2.42. The fourth-order valence-corrected chi connectivity index (χ4v) is 1.52. The topological polar surface area (TPSA) is 64.9 Å². The second-order valence-electron chi connectivity index (χ2n) is 4.83. The van der Waals surface area contributed by atoms with Gasteiger partial charge in [0.15, 0.2) is 11.5 Å². The molecule has 2 rings (SSSR count). The van der Waals surface area contributed by atoms with Gasteiger partial charge in [-0.2, -0.15) is 0 Å². The van der Waals surface area contributed by atoms with E-state index in [1.807, 2.05) is 12.1 Å². The van der Waals surface area contributed by atoms with Gasteiger partial charge in [-0.05, 0) is 21.3 Å². The van der Waals surface area contributed by atoms with Crippen molar-refractivity contribution in [2.24, 2.45) is 0 Å². The molecule has 0 aliphatic carbocycles. The minimum absolute atomic E-state index is 0.145. The van der Waals surface area contributed by atoms with Crippen molar-refractivity contribution in [3.8, 4) is 11.3 Å². The SMILES string of the molecule is CC(C)(C)c1ccc(-c2nonc2N)cc1. The van der Waals surface area contributed by atoms with Crippen LogP contribution in [0.4, 0.5) is 5.82 Å². The molecule has 84 valence electrons. The van der Waals surface area contributed by atoms with E-state index in [0.29, 0.717) is 11.5 Å². The Hall–Kier alpha value is -1.84. The van der Waals surface area contributed by atoms with Gasteiger partial charge in [0.1, 0.15) is 0 Å². The summed E-state index contributed by atoms with van der Waals surface area (Å²) in [5.41, 5.74) is 8.56. The summed E-state index contributed by atoms with van der Waals surface area (Å²) in [6.07, 6.45) is 0. The largest absolute Gasteiger partial charge is 0.379 e. The lowest BCUT2D eigenvalue weighted by Gasteiger charge is -2.18. The lowest BCUT2D eigenvalue weighted by atomic mass is 9.86. The molecule has 0 unspecified atom stereocenters.